The first-order valence-electron chi connectivity index (χ1n) is 6.69. The van der Waals surface area contributed by atoms with E-state index in [2.05, 4.69) is 15.6 Å². The SMILES string of the molecule is Cc1cccc(NC(=O)Nc2cn(C)c3ccccc23)n1. The number of carbonyl (C=O) groups is 1. The number of nitrogens with one attached hydrogen (secondary N) is 2. The molecule has 0 fully saturated rings. The number of fused-ring (bicyclic) bond motifs is 1. The van der Waals surface area contributed by atoms with Gasteiger partial charge in [-0.2, -0.15) is 0 Å². The molecule has 0 atom stereocenters. The molecule has 0 saturated carbocycles. The van der Waals surface area contributed by atoms with Crippen LogP contribution in [0.3, 0.4) is 0 Å². The normalized spacial score (nSPS) is 10.6. The van der Waals surface area contributed by atoms with E-state index >= 15 is 0 Å². The zero-order chi connectivity index (χ0) is 14.8. The fraction of sp³-hybridized carbons (Fsp3) is 0.125. The molecule has 21 heavy (non-hydrogen) atoms. The molecule has 1 aromatic carbocycles. The summed E-state index contributed by atoms with van der Waals surface area (Å²) in [5.74, 6) is 0.535. The van der Waals surface area contributed by atoms with Gasteiger partial charge in [0.05, 0.1) is 5.69 Å². The monoisotopic (exact) mass is 280 g/mol. The third kappa shape index (κ3) is 2.72. The van der Waals surface area contributed by atoms with E-state index < -0.39 is 0 Å². The number of hydrogen-bond acceptors (Lipinski definition) is 2. The Hall–Kier alpha value is -2.82. The van der Waals surface area contributed by atoms with Crippen molar-refractivity contribution < 1.29 is 4.79 Å². The molecule has 0 unspecified atom stereocenters. The second-order valence-corrected chi connectivity index (χ2v) is 4.91. The highest BCUT2D eigenvalue weighted by atomic mass is 16.2. The molecule has 2 aromatic heterocycles. The second-order valence-electron chi connectivity index (χ2n) is 4.91. The van der Waals surface area contributed by atoms with E-state index in [1.165, 1.54) is 0 Å². The summed E-state index contributed by atoms with van der Waals surface area (Å²) in [5.41, 5.74) is 2.71. The molecule has 2 heterocycles. The number of hydrogen-bond donors (Lipinski definition) is 2. The molecule has 0 aliphatic heterocycles. The van der Waals surface area contributed by atoms with Crippen molar-refractivity contribution in [3.63, 3.8) is 0 Å². The van der Waals surface area contributed by atoms with E-state index in [0.29, 0.717) is 5.82 Å². The van der Waals surface area contributed by atoms with Crippen molar-refractivity contribution in [2.45, 2.75) is 6.92 Å². The number of carbonyl (C=O) groups excluding carboxylic acids is 1. The summed E-state index contributed by atoms with van der Waals surface area (Å²) in [4.78, 5) is 16.3. The van der Waals surface area contributed by atoms with E-state index in [1.807, 2.05) is 61.1 Å². The van der Waals surface area contributed by atoms with Crippen molar-refractivity contribution in [1.29, 1.82) is 0 Å². The molecule has 2 amide bonds. The van der Waals surface area contributed by atoms with E-state index in [-0.39, 0.29) is 6.03 Å². The van der Waals surface area contributed by atoms with Gasteiger partial charge in [-0.3, -0.25) is 5.32 Å². The van der Waals surface area contributed by atoms with Crippen molar-refractivity contribution in [3.05, 3.63) is 54.4 Å². The summed E-state index contributed by atoms with van der Waals surface area (Å²) in [6, 6.07) is 13.1. The van der Waals surface area contributed by atoms with Gasteiger partial charge in [0.25, 0.3) is 0 Å². The van der Waals surface area contributed by atoms with E-state index in [0.717, 1.165) is 22.3 Å². The average molecular weight is 280 g/mol. The standard InChI is InChI=1S/C16H16N4O/c1-11-6-5-9-15(17-11)19-16(21)18-13-10-20(2)14-8-4-3-7-12(13)14/h3-10H,1-2H3,(H2,17,18,19,21). The van der Waals surface area contributed by atoms with Crippen molar-refractivity contribution in [2.75, 3.05) is 10.6 Å². The molecule has 2 N–H and O–H groups in total. The molecule has 0 spiro atoms. The molecular weight excluding hydrogens is 264 g/mol. The minimum atomic E-state index is -0.301. The number of urea groups is 1. The van der Waals surface area contributed by atoms with Gasteiger partial charge in [-0.15, -0.1) is 0 Å². The van der Waals surface area contributed by atoms with Crippen molar-refractivity contribution in [3.8, 4) is 0 Å². The zero-order valence-corrected chi connectivity index (χ0v) is 11.9. The first-order chi connectivity index (χ1) is 10.1. The van der Waals surface area contributed by atoms with Gasteiger partial charge in [0, 0.05) is 29.8 Å². The van der Waals surface area contributed by atoms with E-state index in [9.17, 15) is 4.79 Å². The summed E-state index contributed by atoms with van der Waals surface area (Å²) in [6.07, 6.45) is 1.90. The molecule has 0 aliphatic rings. The van der Waals surface area contributed by atoms with Gasteiger partial charge in [-0.05, 0) is 25.1 Å². The third-order valence-electron chi connectivity index (χ3n) is 3.28. The van der Waals surface area contributed by atoms with Gasteiger partial charge in [-0.1, -0.05) is 24.3 Å². The lowest BCUT2D eigenvalue weighted by molar-refractivity contribution is 0.262. The highest BCUT2D eigenvalue weighted by molar-refractivity contribution is 6.05. The lowest BCUT2D eigenvalue weighted by Crippen LogP contribution is -2.20. The summed E-state index contributed by atoms with van der Waals surface area (Å²) in [6.45, 7) is 1.88. The number of anilines is 2. The fourth-order valence-corrected chi connectivity index (χ4v) is 2.32. The van der Waals surface area contributed by atoms with Crippen LogP contribution >= 0.6 is 0 Å². The molecule has 5 heteroatoms. The quantitative estimate of drug-likeness (QED) is 0.754. The Morgan fingerprint density at radius 3 is 2.71 bits per heavy atom. The smallest absolute Gasteiger partial charge is 0.324 e. The largest absolute Gasteiger partial charge is 0.348 e. The Kier molecular flexibility index (Phi) is 3.31. The number of aryl methyl sites for hydroxylation is 2. The fourth-order valence-electron chi connectivity index (χ4n) is 2.32. The second kappa shape index (κ2) is 5.28. The van der Waals surface area contributed by atoms with Gasteiger partial charge in [-0.25, -0.2) is 9.78 Å². The highest BCUT2D eigenvalue weighted by Crippen LogP contribution is 2.24. The van der Waals surface area contributed by atoms with Gasteiger partial charge in [0.1, 0.15) is 5.82 Å². The number of para-hydroxylation sites is 1. The minimum absolute atomic E-state index is 0.301. The Labute approximate surface area is 122 Å². The number of benzene rings is 1. The Bertz CT molecular complexity index is 807. The number of aromatic nitrogens is 2. The van der Waals surface area contributed by atoms with Crippen molar-refractivity contribution in [1.82, 2.24) is 9.55 Å². The molecule has 0 radical (unpaired) electrons. The molecular formula is C16H16N4O. The number of nitrogens with zero attached hydrogens (tertiary/aromatic N) is 2. The van der Waals surface area contributed by atoms with Crippen LogP contribution in [-0.4, -0.2) is 15.6 Å². The Morgan fingerprint density at radius 2 is 1.90 bits per heavy atom. The zero-order valence-electron chi connectivity index (χ0n) is 11.9. The van der Waals surface area contributed by atoms with Crippen LogP contribution in [0.1, 0.15) is 5.69 Å². The van der Waals surface area contributed by atoms with Crippen LogP contribution in [0.2, 0.25) is 0 Å². The summed E-state index contributed by atoms with van der Waals surface area (Å²) < 4.78 is 1.98. The maximum absolute atomic E-state index is 12.1. The number of pyridine rings is 1. The molecule has 5 nitrogen and oxygen atoms in total. The maximum atomic E-state index is 12.1. The van der Waals surface area contributed by atoms with Crippen molar-refractivity contribution in [2.24, 2.45) is 7.05 Å². The van der Waals surface area contributed by atoms with Crippen LogP contribution in [0.15, 0.2) is 48.7 Å². The van der Waals surface area contributed by atoms with Crippen molar-refractivity contribution >= 4 is 28.4 Å². The lowest BCUT2D eigenvalue weighted by atomic mass is 10.2. The first kappa shape index (κ1) is 13.2. The lowest BCUT2D eigenvalue weighted by Gasteiger charge is -2.06. The Balaban J connectivity index is 1.80. The van der Waals surface area contributed by atoms with Crippen LogP contribution < -0.4 is 10.6 Å². The third-order valence-corrected chi connectivity index (χ3v) is 3.28. The predicted octanol–water partition coefficient (Wildman–Crippen LogP) is 3.53. The van der Waals surface area contributed by atoms with Crippen LogP contribution in [0, 0.1) is 6.92 Å². The van der Waals surface area contributed by atoms with Gasteiger partial charge in [0.2, 0.25) is 0 Å². The summed E-state index contributed by atoms with van der Waals surface area (Å²) in [5, 5.41) is 6.60. The predicted molar refractivity (Wildman–Crippen MR) is 84.5 cm³/mol. The van der Waals surface area contributed by atoms with Crippen LogP contribution in [-0.2, 0) is 7.05 Å². The van der Waals surface area contributed by atoms with Crippen LogP contribution in [0.5, 0.6) is 0 Å². The average Bonchev–Trinajstić information content (AvgIpc) is 2.76. The van der Waals surface area contributed by atoms with Gasteiger partial charge < -0.3 is 9.88 Å². The molecule has 0 bridgehead atoms. The maximum Gasteiger partial charge on any atom is 0.324 e. The Morgan fingerprint density at radius 1 is 1.10 bits per heavy atom. The number of amides is 2. The topological polar surface area (TPSA) is 59.0 Å². The first-order valence-corrected chi connectivity index (χ1v) is 6.69. The molecule has 0 saturated heterocycles. The minimum Gasteiger partial charge on any atom is -0.348 e. The molecule has 106 valence electrons. The van der Waals surface area contributed by atoms with Crippen LogP contribution in [0.4, 0.5) is 16.3 Å². The van der Waals surface area contributed by atoms with Gasteiger partial charge >= 0.3 is 6.03 Å². The summed E-state index contributed by atoms with van der Waals surface area (Å²) in [7, 11) is 1.95. The summed E-state index contributed by atoms with van der Waals surface area (Å²) >= 11 is 0. The van der Waals surface area contributed by atoms with Gasteiger partial charge in [0.15, 0.2) is 0 Å². The molecule has 0 aliphatic carbocycles. The molecule has 3 aromatic rings. The highest BCUT2D eigenvalue weighted by Gasteiger charge is 2.09. The van der Waals surface area contributed by atoms with E-state index in [1.54, 1.807) is 6.07 Å². The van der Waals surface area contributed by atoms with E-state index in [4.69, 9.17) is 0 Å². The number of rotatable bonds is 2. The van der Waals surface area contributed by atoms with Crippen LogP contribution in [0.25, 0.3) is 10.9 Å². The molecule has 3 rings (SSSR count).